The second-order valence-electron chi connectivity index (χ2n) is 4.49. The lowest BCUT2D eigenvalue weighted by atomic mass is 10.1. The van der Waals surface area contributed by atoms with E-state index >= 15 is 0 Å². The van der Waals surface area contributed by atoms with Crippen LogP contribution in [0.2, 0.25) is 0 Å². The quantitative estimate of drug-likeness (QED) is 0.569. The number of hydrogen-bond acceptors (Lipinski definition) is 2. The molecule has 92 valence electrons. The first-order valence-electron chi connectivity index (χ1n) is 6.45. The van der Waals surface area contributed by atoms with Crippen LogP contribution in [0.15, 0.2) is 24.3 Å². The molecule has 17 heavy (non-hydrogen) atoms. The molecule has 0 spiro atoms. The molecule has 2 aromatic heterocycles. The summed E-state index contributed by atoms with van der Waals surface area (Å²) in [5.41, 5.74) is 0. The molecule has 2 rings (SSSR count). The Hall–Kier alpha value is -0.600. The van der Waals surface area contributed by atoms with Gasteiger partial charge >= 0.3 is 0 Å². The highest BCUT2D eigenvalue weighted by atomic mass is 32.1. The first kappa shape index (κ1) is 12.8. The average Bonchev–Trinajstić information content (AvgIpc) is 2.93. The van der Waals surface area contributed by atoms with Gasteiger partial charge in [-0.15, -0.1) is 22.7 Å². The molecule has 0 aliphatic carbocycles. The third kappa shape index (κ3) is 3.68. The van der Waals surface area contributed by atoms with Gasteiger partial charge in [0.1, 0.15) is 0 Å². The SMILES string of the molecule is CCCCCCc1ccc(-c2ccc(C)s2)s1. The Morgan fingerprint density at radius 1 is 0.882 bits per heavy atom. The van der Waals surface area contributed by atoms with Gasteiger partial charge in [0.05, 0.1) is 0 Å². The van der Waals surface area contributed by atoms with Crippen molar-refractivity contribution in [1.29, 1.82) is 0 Å². The van der Waals surface area contributed by atoms with Crippen LogP contribution in [0.25, 0.3) is 9.75 Å². The Morgan fingerprint density at radius 2 is 1.65 bits per heavy atom. The van der Waals surface area contributed by atoms with Crippen molar-refractivity contribution >= 4 is 22.7 Å². The normalized spacial score (nSPS) is 10.9. The molecule has 0 fully saturated rings. The van der Waals surface area contributed by atoms with Crippen LogP contribution in [0, 0.1) is 6.92 Å². The van der Waals surface area contributed by atoms with E-state index < -0.39 is 0 Å². The van der Waals surface area contributed by atoms with Gasteiger partial charge in [0.15, 0.2) is 0 Å². The average molecular weight is 264 g/mol. The first-order valence-corrected chi connectivity index (χ1v) is 8.08. The Morgan fingerprint density at radius 3 is 2.35 bits per heavy atom. The Bertz CT molecular complexity index is 451. The van der Waals surface area contributed by atoms with E-state index in [4.69, 9.17) is 0 Å². The van der Waals surface area contributed by atoms with Crippen molar-refractivity contribution in [2.75, 3.05) is 0 Å². The summed E-state index contributed by atoms with van der Waals surface area (Å²) in [4.78, 5) is 5.81. The fraction of sp³-hybridized carbons (Fsp3) is 0.467. The summed E-state index contributed by atoms with van der Waals surface area (Å²) in [6, 6.07) is 9.04. The lowest BCUT2D eigenvalue weighted by Gasteiger charge is -1.96. The van der Waals surface area contributed by atoms with Gasteiger partial charge in [-0.3, -0.25) is 0 Å². The van der Waals surface area contributed by atoms with E-state index in [0.717, 1.165) is 0 Å². The van der Waals surface area contributed by atoms with E-state index in [2.05, 4.69) is 38.1 Å². The zero-order chi connectivity index (χ0) is 12.1. The van der Waals surface area contributed by atoms with Crippen molar-refractivity contribution < 1.29 is 0 Å². The van der Waals surface area contributed by atoms with Crippen molar-refractivity contribution in [3.8, 4) is 9.75 Å². The molecule has 0 nitrogen and oxygen atoms in total. The van der Waals surface area contributed by atoms with Gasteiger partial charge in [0.2, 0.25) is 0 Å². The Kier molecular flexibility index (Phi) is 4.81. The smallest absolute Gasteiger partial charge is 0.0445 e. The highest BCUT2D eigenvalue weighted by Gasteiger charge is 2.04. The molecule has 2 heterocycles. The number of rotatable bonds is 6. The monoisotopic (exact) mass is 264 g/mol. The molecule has 2 aromatic rings. The predicted molar refractivity (Wildman–Crippen MR) is 80.2 cm³/mol. The van der Waals surface area contributed by atoms with Crippen LogP contribution in [0.5, 0.6) is 0 Å². The summed E-state index contributed by atoms with van der Waals surface area (Å²) in [7, 11) is 0. The summed E-state index contributed by atoms with van der Waals surface area (Å²) in [6.45, 7) is 4.44. The summed E-state index contributed by atoms with van der Waals surface area (Å²) >= 11 is 3.86. The third-order valence-corrected chi connectivity index (χ3v) is 5.26. The zero-order valence-corrected chi connectivity index (χ0v) is 12.3. The maximum Gasteiger partial charge on any atom is 0.0445 e. The van der Waals surface area contributed by atoms with Crippen molar-refractivity contribution in [3.63, 3.8) is 0 Å². The number of thiophene rings is 2. The van der Waals surface area contributed by atoms with E-state index in [1.54, 1.807) is 4.88 Å². The van der Waals surface area contributed by atoms with Crippen LogP contribution in [-0.4, -0.2) is 0 Å². The van der Waals surface area contributed by atoms with E-state index in [1.807, 2.05) is 22.7 Å². The van der Waals surface area contributed by atoms with Crippen LogP contribution >= 0.6 is 22.7 Å². The molecule has 0 saturated heterocycles. The van der Waals surface area contributed by atoms with Crippen LogP contribution in [0.4, 0.5) is 0 Å². The van der Waals surface area contributed by atoms with Crippen molar-refractivity contribution in [2.24, 2.45) is 0 Å². The highest BCUT2D eigenvalue weighted by Crippen LogP contribution is 2.33. The topological polar surface area (TPSA) is 0 Å². The molecule has 0 aliphatic heterocycles. The fourth-order valence-electron chi connectivity index (χ4n) is 1.94. The molecule has 0 radical (unpaired) electrons. The van der Waals surface area contributed by atoms with Crippen LogP contribution < -0.4 is 0 Å². The van der Waals surface area contributed by atoms with Gasteiger partial charge in [0.25, 0.3) is 0 Å². The van der Waals surface area contributed by atoms with E-state index in [-0.39, 0.29) is 0 Å². The van der Waals surface area contributed by atoms with Gasteiger partial charge in [-0.25, -0.2) is 0 Å². The summed E-state index contributed by atoms with van der Waals surface area (Å²) in [6.07, 6.45) is 6.68. The molecule has 0 N–H and O–H groups in total. The van der Waals surface area contributed by atoms with Gasteiger partial charge < -0.3 is 0 Å². The van der Waals surface area contributed by atoms with Crippen molar-refractivity contribution in [1.82, 2.24) is 0 Å². The maximum atomic E-state index is 2.31. The third-order valence-electron chi connectivity index (χ3n) is 2.92. The lowest BCUT2D eigenvalue weighted by Crippen LogP contribution is -1.80. The van der Waals surface area contributed by atoms with Gasteiger partial charge in [-0.1, -0.05) is 26.2 Å². The second-order valence-corrected chi connectivity index (χ2v) is 6.94. The molecule has 2 heteroatoms. The molecule has 0 amide bonds. The van der Waals surface area contributed by atoms with E-state index in [9.17, 15) is 0 Å². The molecular weight excluding hydrogens is 244 g/mol. The summed E-state index contributed by atoms with van der Waals surface area (Å²) < 4.78 is 0. The minimum Gasteiger partial charge on any atom is -0.140 e. The van der Waals surface area contributed by atoms with Crippen molar-refractivity contribution in [2.45, 2.75) is 46.0 Å². The van der Waals surface area contributed by atoms with Crippen LogP contribution in [0.1, 0.15) is 42.4 Å². The number of hydrogen-bond donors (Lipinski definition) is 0. The molecule has 0 unspecified atom stereocenters. The minimum absolute atomic E-state index is 1.26. The molecule has 0 aromatic carbocycles. The van der Waals surface area contributed by atoms with Gasteiger partial charge in [0, 0.05) is 19.5 Å². The Labute approximate surface area is 112 Å². The molecular formula is C15H20S2. The predicted octanol–water partition coefficient (Wildman–Crippen LogP) is 5.91. The lowest BCUT2D eigenvalue weighted by molar-refractivity contribution is 0.670. The van der Waals surface area contributed by atoms with Crippen LogP contribution in [-0.2, 0) is 6.42 Å². The van der Waals surface area contributed by atoms with E-state index in [1.165, 1.54) is 46.7 Å². The maximum absolute atomic E-state index is 2.31. The summed E-state index contributed by atoms with van der Waals surface area (Å²) in [5.74, 6) is 0. The van der Waals surface area contributed by atoms with Crippen molar-refractivity contribution in [3.05, 3.63) is 34.0 Å². The first-order chi connectivity index (χ1) is 8.29. The minimum atomic E-state index is 1.26. The van der Waals surface area contributed by atoms with Gasteiger partial charge in [-0.05, 0) is 44.0 Å². The number of aryl methyl sites for hydroxylation is 2. The van der Waals surface area contributed by atoms with E-state index in [0.29, 0.717) is 0 Å². The molecule has 0 aliphatic rings. The van der Waals surface area contributed by atoms with Gasteiger partial charge in [-0.2, -0.15) is 0 Å². The fourth-order valence-corrected chi connectivity index (χ4v) is 3.95. The zero-order valence-electron chi connectivity index (χ0n) is 10.7. The molecule has 0 atom stereocenters. The molecule has 0 bridgehead atoms. The summed E-state index contributed by atoms with van der Waals surface area (Å²) in [5, 5.41) is 0. The standard InChI is InChI=1S/C15H20S2/c1-3-4-5-6-7-13-9-11-15(17-13)14-10-8-12(2)16-14/h8-11H,3-7H2,1-2H3. The highest BCUT2D eigenvalue weighted by molar-refractivity contribution is 7.22. The number of unbranched alkanes of at least 4 members (excludes halogenated alkanes) is 3. The second kappa shape index (κ2) is 6.36. The molecule has 0 saturated carbocycles. The van der Waals surface area contributed by atoms with Crippen LogP contribution in [0.3, 0.4) is 0 Å². The Balaban J connectivity index is 1.92. The largest absolute Gasteiger partial charge is 0.140 e.